The van der Waals surface area contributed by atoms with Crippen LogP contribution in [0, 0.1) is 17.0 Å². The molecule has 0 unspecified atom stereocenters. The van der Waals surface area contributed by atoms with Crippen molar-refractivity contribution in [3.05, 3.63) is 62.2 Å². The number of carbonyl (C=O) groups excluding carboxylic acids is 1. The second kappa shape index (κ2) is 7.15. The number of hydrogen-bond acceptors (Lipinski definition) is 6. The van der Waals surface area contributed by atoms with Gasteiger partial charge in [-0.3, -0.25) is 14.9 Å². The SMILES string of the molecule is COC(=O)Cc1c(C)nc(Cc2ccc([N+](=O)[O-])cc2)nc1Cl. The Morgan fingerprint density at radius 1 is 1.30 bits per heavy atom. The van der Waals surface area contributed by atoms with Gasteiger partial charge in [-0.25, -0.2) is 9.97 Å². The van der Waals surface area contributed by atoms with Crippen molar-refractivity contribution in [2.45, 2.75) is 19.8 Å². The second-order valence-electron chi connectivity index (χ2n) is 4.85. The number of esters is 1. The predicted molar refractivity (Wildman–Crippen MR) is 83.4 cm³/mol. The summed E-state index contributed by atoms with van der Waals surface area (Å²) >= 11 is 6.12. The molecule has 1 aromatic carbocycles. The number of benzene rings is 1. The molecule has 23 heavy (non-hydrogen) atoms. The highest BCUT2D eigenvalue weighted by molar-refractivity contribution is 6.30. The van der Waals surface area contributed by atoms with E-state index in [4.69, 9.17) is 11.6 Å². The van der Waals surface area contributed by atoms with Crippen LogP contribution >= 0.6 is 11.6 Å². The summed E-state index contributed by atoms with van der Waals surface area (Å²) in [7, 11) is 1.30. The summed E-state index contributed by atoms with van der Waals surface area (Å²) in [4.78, 5) is 30.1. The van der Waals surface area contributed by atoms with E-state index in [1.165, 1.54) is 19.2 Å². The number of aryl methyl sites for hydroxylation is 1. The number of carbonyl (C=O) groups is 1. The molecule has 0 radical (unpaired) electrons. The van der Waals surface area contributed by atoms with Gasteiger partial charge in [0, 0.05) is 29.8 Å². The number of non-ortho nitro benzene ring substituents is 1. The summed E-state index contributed by atoms with van der Waals surface area (Å²) in [5.74, 6) is 0.0664. The molecule has 0 aliphatic rings. The standard InChI is InChI=1S/C15H14ClN3O4/c1-9-12(8-14(20)23-2)15(16)18-13(17-9)7-10-3-5-11(6-4-10)19(21)22/h3-6H,7-8H2,1-2H3. The Morgan fingerprint density at radius 3 is 2.48 bits per heavy atom. The van der Waals surface area contributed by atoms with Crippen molar-refractivity contribution < 1.29 is 14.5 Å². The van der Waals surface area contributed by atoms with E-state index < -0.39 is 10.9 Å². The molecule has 0 bridgehead atoms. The molecule has 1 heterocycles. The molecule has 7 nitrogen and oxygen atoms in total. The van der Waals surface area contributed by atoms with Gasteiger partial charge in [0.2, 0.25) is 0 Å². The molecule has 2 rings (SSSR count). The third-order valence-electron chi connectivity index (χ3n) is 3.27. The van der Waals surface area contributed by atoms with Crippen molar-refractivity contribution in [2.75, 3.05) is 7.11 Å². The van der Waals surface area contributed by atoms with Crippen molar-refractivity contribution in [3.63, 3.8) is 0 Å². The van der Waals surface area contributed by atoms with Crippen LogP contribution < -0.4 is 0 Å². The number of methoxy groups -OCH3 is 1. The fourth-order valence-electron chi connectivity index (χ4n) is 2.03. The van der Waals surface area contributed by atoms with Crippen LogP contribution in [0.5, 0.6) is 0 Å². The fraction of sp³-hybridized carbons (Fsp3) is 0.267. The van der Waals surface area contributed by atoms with Crippen LogP contribution in [-0.4, -0.2) is 28.0 Å². The normalized spacial score (nSPS) is 10.4. The van der Waals surface area contributed by atoms with Crippen LogP contribution in [0.1, 0.15) is 22.6 Å². The molecular formula is C15H14ClN3O4. The lowest BCUT2D eigenvalue weighted by atomic mass is 10.1. The maximum absolute atomic E-state index is 11.4. The van der Waals surface area contributed by atoms with Gasteiger partial charge in [-0.15, -0.1) is 0 Å². The molecule has 8 heteroatoms. The molecule has 0 aliphatic carbocycles. The molecule has 1 aromatic heterocycles. The molecule has 0 spiro atoms. The Kier molecular flexibility index (Phi) is 5.23. The van der Waals surface area contributed by atoms with Gasteiger partial charge in [0.15, 0.2) is 0 Å². The molecule has 0 fully saturated rings. The largest absolute Gasteiger partial charge is 0.469 e. The summed E-state index contributed by atoms with van der Waals surface area (Å²) in [5, 5.41) is 10.8. The van der Waals surface area contributed by atoms with Crippen LogP contribution in [0.25, 0.3) is 0 Å². The minimum atomic E-state index is -0.455. The van der Waals surface area contributed by atoms with Gasteiger partial charge in [0.05, 0.1) is 18.5 Å². The Bertz CT molecular complexity index is 724. The zero-order chi connectivity index (χ0) is 17.0. The Labute approximate surface area is 137 Å². The minimum Gasteiger partial charge on any atom is -0.469 e. The van der Waals surface area contributed by atoms with E-state index in [1.54, 1.807) is 19.1 Å². The lowest BCUT2D eigenvalue weighted by Crippen LogP contribution is -2.10. The van der Waals surface area contributed by atoms with Crippen LogP contribution in [0.15, 0.2) is 24.3 Å². The van der Waals surface area contributed by atoms with E-state index in [0.717, 1.165) is 5.56 Å². The van der Waals surface area contributed by atoms with Crippen LogP contribution in [-0.2, 0) is 22.4 Å². The Hall–Kier alpha value is -2.54. The summed E-state index contributed by atoms with van der Waals surface area (Å²) in [6, 6.07) is 6.14. The quantitative estimate of drug-likeness (QED) is 0.361. The van der Waals surface area contributed by atoms with E-state index in [-0.39, 0.29) is 17.3 Å². The van der Waals surface area contributed by atoms with Gasteiger partial charge in [0.25, 0.3) is 5.69 Å². The highest BCUT2D eigenvalue weighted by atomic mass is 35.5. The van der Waals surface area contributed by atoms with Gasteiger partial charge in [-0.1, -0.05) is 23.7 Å². The highest BCUT2D eigenvalue weighted by Gasteiger charge is 2.14. The van der Waals surface area contributed by atoms with Gasteiger partial charge < -0.3 is 4.74 Å². The Balaban J connectivity index is 2.21. The number of rotatable bonds is 5. The number of nitrogens with zero attached hydrogens (tertiary/aromatic N) is 3. The van der Waals surface area contributed by atoms with Crippen LogP contribution in [0.4, 0.5) is 5.69 Å². The van der Waals surface area contributed by atoms with Crippen molar-refractivity contribution in [1.29, 1.82) is 0 Å². The van der Waals surface area contributed by atoms with E-state index in [1.807, 2.05) is 0 Å². The van der Waals surface area contributed by atoms with Gasteiger partial charge in [-0.2, -0.15) is 0 Å². The summed E-state index contributed by atoms with van der Waals surface area (Å²) in [6.07, 6.45) is 0.399. The van der Waals surface area contributed by atoms with Gasteiger partial charge in [0.1, 0.15) is 11.0 Å². The summed E-state index contributed by atoms with van der Waals surface area (Å²) in [5.41, 5.74) is 1.99. The maximum atomic E-state index is 11.4. The molecule has 0 atom stereocenters. The number of nitro benzene ring substituents is 1. The zero-order valence-electron chi connectivity index (χ0n) is 12.6. The minimum absolute atomic E-state index is 0.0129. The molecule has 0 saturated carbocycles. The van der Waals surface area contributed by atoms with E-state index >= 15 is 0 Å². The first-order valence-corrected chi connectivity index (χ1v) is 7.10. The van der Waals surface area contributed by atoms with Gasteiger partial charge >= 0.3 is 5.97 Å². The molecule has 0 aliphatic heterocycles. The number of ether oxygens (including phenoxy) is 1. The first-order valence-electron chi connectivity index (χ1n) is 6.72. The van der Waals surface area contributed by atoms with Crippen molar-refractivity contribution in [2.24, 2.45) is 0 Å². The first kappa shape index (κ1) is 16.8. The topological polar surface area (TPSA) is 95.2 Å². The third kappa shape index (κ3) is 4.23. The van der Waals surface area contributed by atoms with E-state index in [2.05, 4.69) is 14.7 Å². The maximum Gasteiger partial charge on any atom is 0.310 e. The molecular weight excluding hydrogens is 322 g/mol. The second-order valence-corrected chi connectivity index (χ2v) is 5.21. The monoisotopic (exact) mass is 335 g/mol. The summed E-state index contributed by atoms with van der Waals surface area (Å²) in [6.45, 7) is 1.74. The first-order chi connectivity index (χ1) is 10.9. The lowest BCUT2D eigenvalue weighted by molar-refractivity contribution is -0.384. The number of hydrogen-bond donors (Lipinski definition) is 0. The summed E-state index contributed by atoms with van der Waals surface area (Å²) < 4.78 is 4.61. The van der Waals surface area contributed by atoms with Crippen LogP contribution in [0.2, 0.25) is 5.15 Å². The fourth-order valence-corrected chi connectivity index (χ4v) is 2.33. The van der Waals surface area contributed by atoms with Crippen LogP contribution in [0.3, 0.4) is 0 Å². The average Bonchev–Trinajstić information content (AvgIpc) is 2.51. The highest BCUT2D eigenvalue weighted by Crippen LogP contribution is 2.20. The van der Waals surface area contributed by atoms with E-state index in [9.17, 15) is 14.9 Å². The van der Waals surface area contributed by atoms with Crippen molar-refractivity contribution in [1.82, 2.24) is 9.97 Å². The van der Waals surface area contributed by atoms with E-state index in [0.29, 0.717) is 23.5 Å². The molecule has 0 saturated heterocycles. The molecule has 0 N–H and O–H groups in total. The predicted octanol–water partition coefficient (Wildman–Crippen LogP) is 2.65. The number of aromatic nitrogens is 2. The zero-order valence-corrected chi connectivity index (χ0v) is 13.3. The molecule has 2 aromatic rings. The molecule has 120 valence electrons. The Morgan fingerprint density at radius 2 is 1.96 bits per heavy atom. The third-order valence-corrected chi connectivity index (χ3v) is 3.58. The lowest BCUT2D eigenvalue weighted by Gasteiger charge is -2.09. The average molecular weight is 336 g/mol. The number of halogens is 1. The number of nitro groups is 1. The van der Waals surface area contributed by atoms with Crippen molar-refractivity contribution >= 4 is 23.3 Å². The van der Waals surface area contributed by atoms with Gasteiger partial charge in [-0.05, 0) is 12.5 Å². The van der Waals surface area contributed by atoms with Crippen molar-refractivity contribution in [3.8, 4) is 0 Å². The molecule has 0 amide bonds. The smallest absolute Gasteiger partial charge is 0.310 e.